The number of aryl methyl sites for hydroxylation is 1. The molecule has 2 aromatic carbocycles. The zero-order valence-corrected chi connectivity index (χ0v) is 13.3. The van der Waals surface area contributed by atoms with E-state index < -0.39 is 0 Å². The lowest BCUT2D eigenvalue weighted by molar-refractivity contribution is -0.123. The average molecular weight is 311 g/mol. The van der Waals surface area contributed by atoms with Crippen LogP contribution in [-0.2, 0) is 17.6 Å². The lowest BCUT2D eigenvalue weighted by Gasteiger charge is -2.08. The van der Waals surface area contributed by atoms with Gasteiger partial charge in [-0.1, -0.05) is 29.8 Å². The van der Waals surface area contributed by atoms with Gasteiger partial charge in [0, 0.05) is 13.0 Å². The maximum atomic E-state index is 11.8. The molecule has 0 unspecified atom stereocenters. The minimum atomic E-state index is -0.102. The van der Waals surface area contributed by atoms with E-state index in [1.54, 1.807) is 0 Å². The first-order valence-corrected chi connectivity index (χ1v) is 7.91. The molecule has 3 rings (SSSR count). The number of carbonyl (C=O) groups is 1. The van der Waals surface area contributed by atoms with Crippen LogP contribution < -0.4 is 14.8 Å². The second-order valence-electron chi connectivity index (χ2n) is 5.74. The van der Waals surface area contributed by atoms with E-state index in [0.717, 1.165) is 25.2 Å². The number of fused-ring (bicyclic) bond motifs is 1. The quantitative estimate of drug-likeness (QED) is 0.892. The fraction of sp³-hybridized carbons (Fsp3) is 0.316. The van der Waals surface area contributed by atoms with Gasteiger partial charge in [0.1, 0.15) is 11.5 Å². The van der Waals surface area contributed by atoms with Crippen molar-refractivity contribution >= 4 is 5.91 Å². The van der Waals surface area contributed by atoms with Crippen LogP contribution in [-0.4, -0.2) is 25.7 Å². The third-order valence-corrected chi connectivity index (χ3v) is 3.88. The number of amides is 1. The van der Waals surface area contributed by atoms with Crippen LogP contribution >= 0.6 is 0 Å². The normalized spacial score (nSPS) is 12.4. The van der Waals surface area contributed by atoms with Gasteiger partial charge in [-0.3, -0.25) is 4.79 Å². The second-order valence-corrected chi connectivity index (χ2v) is 5.74. The molecule has 0 saturated heterocycles. The summed E-state index contributed by atoms with van der Waals surface area (Å²) in [7, 11) is 0. The molecule has 0 aliphatic carbocycles. The second kappa shape index (κ2) is 7.18. The molecule has 0 spiro atoms. The van der Waals surface area contributed by atoms with Gasteiger partial charge in [0.25, 0.3) is 5.91 Å². The molecule has 0 radical (unpaired) electrons. The molecule has 2 aromatic rings. The molecule has 1 amide bonds. The van der Waals surface area contributed by atoms with E-state index >= 15 is 0 Å². The van der Waals surface area contributed by atoms with Gasteiger partial charge in [-0.05, 0) is 42.7 Å². The highest BCUT2D eigenvalue weighted by Gasteiger charge is 2.11. The molecule has 1 heterocycles. The fourth-order valence-electron chi connectivity index (χ4n) is 2.58. The van der Waals surface area contributed by atoms with Crippen molar-refractivity contribution in [2.75, 3.05) is 19.8 Å². The van der Waals surface area contributed by atoms with E-state index in [1.807, 2.05) is 37.3 Å². The van der Waals surface area contributed by atoms with E-state index in [0.29, 0.717) is 12.3 Å². The van der Waals surface area contributed by atoms with Crippen LogP contribution in [0.4, 0.5) is 0 Å². The summed E-state index contributed by atoms with van der Waals surface area (Å²) in [6, 6.07) is 13.9. The zero-order chi connectivity index (χ0) is 16.1. The summed E-state index contributed by atoms with van der Waals surface area (Å²) in [6.45, 7) is 3.43. The Hall–Kier alpha value is -2.49. The maximum Gasteiger partial charge on any atom is 0.257 e. The number of nitrogens with one attached hydrogen (secondary N) is 1. The van der Waals surface area contributed by atoms with Gasteiger partial charge in [0.2, 0.25) is 0 Å². The Labute approximate surface area is 136 Å². The van der Waals surface area contributed by atoms with Crippen LogP contribution in [0.2, 0.25) is 0 Å². The number of hydrogen-bond donors (Lipinski definition) is 1. The molecule has 0 fully saturated rings. The third kappa shape index (κ3) is 4.25. The third-order valence-electron chi connectivity index (χ3n) is 3.88. The molecular formula is C19H21NO3. The van der Waals surface area contributed by atoms with Crippen molar-refractivity contribution in [3.05, 3.63) is 59.2 Å². The van der Waals surface area contributed by atoms with Gasteiger partial charge in [0.05, 0.1) is 6.61 Å². The topological polar surface area (TPSA) is 47.6 Å². The lowest BCUT2D eigenvalue weighted by atomic mass is 10.1. The van der Waals surface area contributed by atoms with Crippen LogP contribution in [0, 0.1) is 6.92 Å². The van der Waals surface area contributed by atoms with Crippen LogP contribution in [0.1, 0.15) is 16.7 Å². The molecule has 23 heavy (non-hydrogen) atoms. The van der Waals surface area contributed by atoms with Crippen molar-refractivity contribution < 1.29 is 14.3 Å². The first-order chi connectivity index (χ1) is 11.2. The smallest absolute Gasteiger partial charge is 0.257 e. The molecule has 1 aliphatic heterocycles. The van der Waals surface area contributed by atoms with E-state index in [1.165, 1.54) is 16.7 Å². The number of ether oxygens (including phenoxy) is 2. The number of rotatable bonds is 6. The van der Waals surface area contributed by atoms with Crippen LogP contribution in [0.25, 0.3) is 0 Å². The van der Waals surface area contributed by atoms with E-state index in [9.17, 15) is 4.79 Å². The molecule has 4 heteroatoms. The van der Waals surface area contributed by atoms with Crippen molar-refractivity contribution in [1.29, 1.82) is 0 Å². The van der Waals surface area contributed by atoms with Gasteiger partial charge in [-0.2, -0.15) is 0 Å². The molecule has 120 valence electrons. The first-order valence-electron chi connectivity index (χ1n) is 7.91. The molecule has 4 nitrogen and oxygen atoms in total. The van der Waals surface area contributed by atoms with Crippen LogP contribution in [0.5, 0.6) is 11.5 Å². The highest BCUT2D eigenvalue weighted by atomic mass is 16.5. The van der Waals surface area contributed by atoms with E-state index in [2.05, 4.69) is 17.4 Å². The zero-order valence-electron chi connectivity index (χ0n) is 13.3. The summed E-state index contributed by atoms with van der Waals surface area (Å²) in [5.74, 6) is 1.60. The molecule has 0 atom stereocenters. The summed E-state index contributed by atoms with van der Waals surface area (Å²) in [5, 5.41) is 2.89. The van der Waals surface area contributed by atoms with Crippen molar-refractivity contribution in [2.45, 2.75) is 19.8 Å². The molecule has 1 N–H and O–H groups in total. The highest BCUT2D eigenvalue weighted by molar-refractivity contribution is 5.77. The Kier molecular flexibility index (Phi) is 4.81. The Morgan fingerprint density at radius 3 is 2.87 bits per heavy atom. The predicted molar refractivity (Wildman–Crippen MR) is 89.0 cm³/mol. The van der Waals surface area contributed by atoms with Gasteiger partial charge in [-0.25, -0.2) is 0 Å². The number of benzene rings is 2. The SMILES string of the molecule is Cc1ccc(OCC(=O)NCCc2ccc3c(c2)CCO3)cc1. The van der Waals surface area contributed by atoms with Gasteiger partial charge in [-0.15, -0.1) is 0 Å². The summed E-state index contributed by atoms with van der Waals surface area (Å²) >= 11 is 0. The summed E-state index contributed by atoms with van der Waals surface area (Å²) < 4.78 is 10.9. The Balaban J connectivity index is 1.40. The summed E-state index contributed by atoms with van der Waals surface area (Å²) in [4.78, 5) is 11.8. The first kappa shape index (κ1) is 15.4. The van der Waals surface area contributed by atoms with E-state index in [-0.39, 0.29) is 12.5 Å². The van der Waals surface area contributed by atoms with Crippen LogP contribution in [0.3, 0.4) is 0 Å². The van der Waals surface area contributed by atoms with Gasteiger partial charge >= 0.3 is 0 Å². The highest BCUT2D eigenvalue weighted by Crippen LogP contribution is 2.25. The van der Waals surface area contributed by atoms with Gasteiger partial charge < -0.3 is 14.8 Å². The maximum absolute atomic E-state index is 11.8. The van der Waals surface area contributed by atoms with Crippen molar-refractivity contribution in [3.63, 3.8) is 0 Å². The van der Waals surface area contributed by atoms with Gasteiger partial charge in [0.15, 0.2) is 6.61 Å². The molecular weight excluding hydrogens is 290 g/mol. The van der Waals surface area contributed by atoms with E-state index in [4.69, 9.17) is 9.47 Å². The average Bonchev–Trinajstić information content (AvgIpc) is 3.02. The monoisotopic (exact) mass is 311 g/mol. The Morgan fingerprint density at radius 1 is 1.22 bits per heavy atom. The number of carbonyl (C=O) groups excluding carboxylic acids is 1. The summed E-state index contributed by atoms with van der Waals surface area (Å²) in [5.41, 5.74) is 3.65. The predicted octanol–water partition coefficient (Wildman–Crippen LogP) is 2.67. The molecule has 0 saturated carbocycles. The molecule has 0 bridgehead atoms. The fourth-order valence-corrected chi connectivity index (χ4v) is 2.58. The minimum absolute atomic E-state index is 0.0427. The Morgan fingerprint density at radius 2 is 2.04 bits per heavy atom. The lowest BCUT2D eigenvalue weighted by Crippen LogP contribution is -2.30. The van der Waals surface area contributed by atoms with Crippen molar-refractivity contribution in [3.8, 4) is 11.5 Å². The minimum Gasteiger partial charge on any atom is -0.493 e. The van der Waals surface area contributed by atoms with Crippen molar-refractivity contribution in [1.82, 2.24) is 5.32 Å². The Bertz CT molecular complexity index is 680. The van der Waals surface area contributed by atoms with Crippen LogP contribution in [0.15, 0.2) is 42.5 Å². The summed E-state index contributed by atoms with van der Waals surface area (Å²) in [6.07, 6.45) is 1.78. The largest absolute Gasteiger partial charge is 0.493 e. The number of hydrogen-bond acceptors (Lipinski definition) is 3. The molecule has 0 aromatic heterocycles. The molecule has 1 aliphatic rings. The van der Waals surface area contributed by atoms with Crippen molar-refractivity contribution in [2.24, 2.45) is 0 Å². The standard InChI is InChI=1S/C19H21NO3/c1-14-2-5-17(6-3-14)23-13-19(21)20-10-8-15-4-7-18-16(12-15)9-11-22-18/h2-7,12H,8-11,13H2,1H3,(H,20,21).